The molecule has 3 aromatic rings. The average Bonchev–Trinajstić information content (AvgIpc) is 3.34. The molecular formula is C19H18N4O4. The smallest absolute Gasteiger partial charge is 0.275 e. The number of nitrogens with zero attached hydrogens (tertiary/aromatic N) is 3. The third-order valence-corrected chi connectivity index (χ3v) is 4.97. The van der Waals surface area contributed by atoms with Crippen molar-refractivity contribution in [2.45, 2.75) is 18.9 Å². The van der Waals surface area contributed by atoms with Gasteiger partial charge in [-0.1, -0.05) is 12.1 Å². The topological polar surface area (TPSA) is 101 Å². The second kappa shape index (κ2) is 6.71. The number of methoxy groups -OCH3 is 1. The Morgan fingerprint density at radius 2 is 2.07 bits per heavy atom. The van der Waals surface area contributed by atoms with E-state index >= 15 is 0 Å². The molecule has 0 bridgehead atoms. The molecule has 1 amide bonds. The molecule has 0 spiro atoms. The number of aromatic nitrogens is 2. The zero-order chi connectivity index (χ0) is 19.0. The van der Waals surface area contributed by atoms with Gasteiger partial charge in [-0.25, -0.2) is 0 Å². The number of hydrogen-bond donors (Lipinski definition) is 1. The summed E-state index contributed by atoms with van der Waals surface area (Å²) in [6, 6.07) is 12.0. The summed E-state index contributed by atoms with van der Waals surface area (Å²) in [5, 5.41) is 18.5. The number of carbonyl (C=O) groups is 1. The molecule has 138 valence electrons. The highest BCUT2D eigenvalue weighted by molar-refractivity contribution is 6.05. The summed E-state index contributed by atoms with van der Waals surface area (Å²) in [4.78, 5) is 25.5. The van der Waals surface area contributed by atoms with Gasteiger partial charge in [-0.15, -0.1) is 0 Å². The lowest BCUT2D eigenvalue weighted by Crippen LogP contribution is -2.31. The minimum absolute atomic E-state index is 0.0474. The molecule has 8 heteroatoms. The largest absolute Gasteiger partial charge is 0.497 e. The van der Waals surface area contributed by atoms with Gasteiger partial charge in [-0.2, -0.15) is 5.10 Å². The summed E-state index contributed by atoms with van der Waals surface area (Å²) < 4.78 is 5.19. The van der Waals surface area contributed by atoms with Gasteiger partial charge in [-0.05, 0) is 36.6 Å². The first-order valence-electron chi connectivity index (χ1n) is 8.66. The van der Waals surface area contributed by atoms with Crippen molar-refractivity contribution in [1.82, 2.24) is 15.1 Å². The Balaban J connectivity index is 1.67. The molecule has 4 rings (SSSR count). The van der Waals surface area contributed by atoms with Crippen LogP contribution >= 0.6 is 0 Å². The molecule has 0 radical (unpaired) electrons. The molecule has 2 heterocycles. The van der Waals surface area contributed by atoms with E-state index in [1.165, 1.54) is 12.1 Å². The molecule has 1 fully saturated rings. The van der Waals surface area contributed by atoms with Gasteiger partial charge in [0.1, 0.15) is 5.75 Å². The van der Waals surface area contributed by atoms with Gasteiger partial charge in [0.2, 0.25) is 0 Å². The van der Waals surface area contributed by atoms with E-state index in [0.29, 0.717) is 17.4 Å². The summed E-state index contributed by atoms with van der Waals surface area (Å²) in [5.41, 5.74) is 1.79. The predicted octanol–water partition coefficient (Wildman–Crippen LogP) is 3.46. The number of carbonyl (C=O) groups excluding carboxylic acids is 1. The van der Waals surface area contributed by atoms with Crippen molar-refractivity contribution in [3.63, 3.8) is 0 Å². The molecular weight excluding hydrogens is 348 g/mol. The number of nitro groups is 1. The number of fused-ring (bicyclic) bond motifs is 1. The van der Waals surface area contributed by atoms with Crippen LogP contribution in [-0.2, 0) is 0 Å². The van der Waals surface area contributed by atoms with Crippen LogP contribution in [0.2, 0.25) is 0 Å². The fourth-order valence-electron chi connectivity index (χ4n) is 3.60. The fourth-order valence-corrected chi connectivity index (χ4v) is 3.60. The van der Waals surface area contributed by atoms with Crippen molar-refractivity contribution in [3.05, 3.63) is 63.8 Å². The van der Waals surface area contributed by atoms with Crippen LogP contribution in [0.4, 0.5) is 5.69 Å². The third kappa shape index (κ3) is 2.99. The van der Waals surface area contributed by atoms with Crippen LogP contribution in [0.15, 0.2) is 42.5 Å². The van der Waals surface area contributed by atoms with Gasteiger partial charge in [0.15, 0.2) is 5.69 Å². The molecule has 2 aromatic carbocycles. The van der Waals surface area contributed by atoms with E-state index in [9.17, 15) is 14.9 Å². The molecule has 1 aliphatic heterocycles. The van der Waals surface area contributed by atoms with Gasteiger partial charge in [-0.3, -0.25) is 20.0 Å². The van der Waals surface area contributed by atoms with Crippen LogP contribution in [0.1, 0.15) is 34.9 Å². The summed E-state index contributed by atoms with van der Waals surface area (Å²) in [6.07, 6.45) is 1.76. The predicted molar refractivity (Wildman–Crippen MR) is 98.8 cm³/mol. The molecule has 1 aliphatic rings. The van der Waals surface area contributed by atoms with E-state index < -0.39 is 4.92 Å². The van der Waals surface area contributed by atoms with Crippen molar-refractivity contribution in [3.8, 4) is 5.75 Å². The number of H-pyrrole nitrogens is 1. The summed E-state index contributed by atoms with van der Waals surface area (Å²) in [7, 11) is 1.61. The van der Waals surface area contributed by atoms with Crippen LogP contribution in [-0.4, -0.2) is 39.6 Å². The van der Waals surface area contributed by atoms with Crippen LogP contribution in [0.3, 0.4) is 0 Å². The maximum atomic E-state index is 13.2. The molecule has 0 aliphatic carbocycles. The Bertz CT molecular complexity index is 1010. The second-order valence-electron chi connectivity index (χ2n) is 6.49. The fraction of sp³-hybridized carbons (Fsp3) is 0.263. The van der Waals surface area contributed by atoms with Crippen molar-refractivity contribution in [2.75, 3.05) is 13.7 Å². The maximum absolute atomic E-state index is 13.2. The van der Waals surface area contributed by atoms with E-state index in [1.807, 2.05) is 24.3 Å². The summed E-state index contributed by atoms with van der Waals surface area (Å²) in [6.45, 7) is 0.624. The highest BCUT2D eigenvalue weighted by Gasteiger charge is 2.32. The zero-order valence-corrected chi connectivity index (χ0v) is 14.7. The van der Waals surface area contributed by atoms with Gasteiger partial charge >= 0.3 is 0 Å². The van der Waals surface area contributed by atoms with Gasteiger partial charge < -0.3 is 9.64 Å². The standard InChI is InChI=1S/C19H18N4O4/c1-27-14-7-4-12(5-8-14)17-3-2-10-22(17)19(24)18-15-11-13(23(25)26)6-9-16(15)20-21-18/h4-9,11,17H,2-3,10H2,1H3,(H,20,21). The number of hydrogen-bond acceptors (Lipinski definition) is 5. The second-order valence-corrected chi connectivity index (χ2v) is 6.49. The lowest BCUT2D eigenvalue weighted by molar-refractivity contribution is -0.384. The summed E-state index contributed by atoms with van der Waals surface area (Å²) in [5.74, 6) is 0.542. The molecule has 27 heavy (non-hydrogen) atoms. The normalized spacial score (nSPS) is 16.6. The first-order chi connectivity index (χ1) is 13.1. The minimum Gasteiger partial charge on any atom is -0.497 e. The molecule has 1 unspecified atom stereocenters. The van der Waals surface area contributed by atoms with Gasteiger partial charge in [0.25, 0.3) is 11.6 Å². The van der Waals surface area contributed by atoms with Crippen LogP contribution in [0.25, 0.3) is 10.9 Å². The number of non-ortho nitro benzene ring substituents is 1. The lowest BCUT2D eigenvalue weighted by Gasteiger charge is -2.24. The zero-order valence-electron chi connectivity index (χ0n) is 14.7. The SMILES string of the molecule is COc1ccc(C2CCCN2C(=O)c2n[nH]c3ccc([N+](=O)[O-])cc23)cc1. The van der Waals surface area contributed by atoms with Crippen molar-refractivity contribution in [2.24, 2.45) is 0 Å². The first-order valence-corrected chi connectivity index (χ1v) is 8.66. The van der Waals surface area contributed by atoms with E-state index in [1.54, 1.807) is 18.1 Å². The third-order valence-electron chi connectivity index (χ3n) is 4.97. The number of nitrogens with one attached hydrogen (secondary N) is 1. The maximum Gasteiger partial charge on any atom is 0.275 e. The minimum atomic E-state index is -0.475. The molecule has 8 nitrogen and oxygen atoms in total. The number of ether oxygens (including phenoxy) is 1. The highest BCUT2D eigenvalue weighted by Crippen LogP contribution is 2.34. The highest BCUT2D eigenvalue weighted by atomic mass is 16.6. The van der Waals surface area contributed by atoms with Crippen LogP contribution in [0.5, 0.6) is 5.75 Å². The molecule has 1 atom stereocenters. The van der Waals surface area contributed by atoms with Crippen molar-refractivity contribution in [1.29, 1.82) is 0 Å². The Morgan fingerprint density at radius 3 is 2.78 bits per heavy atom. The molecule has 1 N–H and O–H groups in total. The Kier molecular flexibility index (Phi) is 4.23. The number of benzene rings is 2. The first kappa shape index (κ1) is 17.0. The van der Waals surface area contributed by atoms with E-state index in [2.05, 4.69) is 10.2 Å². The lowest BCUT2D eigenvalue weighted by atomic mass is 10.0. The number of aromatic amines is 1. The van der Waals surface area contributed by atoms with Crippen molar-refractivity contribution < 1.29 is 14.5 Å². The van der Waals surface area contributed by atoms with Crippen LogP contribution < -0.4 is 4.74 Å². The number of likely N-dealkylation sites (tertiary alicyclic amines) is 1. The Labute approximate surface area is 154 Å². The van der Waals surface area contributed by atoms with Gasteiger partial charge in [0.05, 0.1) is 23.6 Å². The molecule has 0 saturated carbocycles. The summed E-state index contributed by atoms with van der Waals surface area (Å²) >= 11 is 0. The van der Waals surface area contributed by atoms with Crippen LogP contribution in [0, 0.1) is 10.1 Å². The molecule has 1 saturated heterocycles. The van der Waals surface area contributed by atoms with Gasteiger partial charge in [0, 0.05) is 24.1 Å². The Hall–Kier alpha value is -3.42. The average molecular weight is 366 g/mol. The van der Waals surface area contributed by atoms with E-state index in [4.69, 9.17) is 4.74 Å². The van der Waals surface area contributed by atoms with Crippen molar-refractivity contribution >= 4 is 22.5 Å². The monoisotopic (exact) mass is 366 g/mol. The number of rotatable bonds is 4. The molecule has 1 aromatic heterocycles. The number of nitro benzene ring substituents is 1. The Morgan fingerprint density at radius 1 is 1.30 bits per heavy atom. The van der Waals surface area contributed by atoms with E-state index in [0.717, 1.165) is 24.2 Å². The number of amides is 1. The quantitative estimate of drug-likeness (QED) is 0.563. The van der Waals surface area contributed by atoms with E-state index in [-0.39, 0.29) is 23.3 Å².